The van der Waals surface area contributed by atoms with E-state index in [1.165, 1.54) is 38.8 Å². The van der Waals surface area contributed by atoms with Crippen LogP contribution in [0.15, 0.2) is 29.5 Å². The lowest BCUT2D eigenvalue weighted by molar-refractivity contribution is 0.0954. The van der Waals surface area contributed by atoms with E-state index in [0.717, 1.165) is 32.0 Å². The molecule has 7 nitrogen and oxygen atoms in total. The van der Waals surface area contributed by atoms with E-state index in [0.29, 0.717) is 18.7 Å². The SMILES string of the molecule is CCNC(=NCCCN1CCCCCC1)NCCNC(=O)c1cccnc1.I. The number of pyridine rings is 1. The first kappa shape index (κ1) is 24.6. The van der Waals surface area contributed by atoms with E-state index in [9.17, 15) is 4.79 Å². The molecule has 1 fully saturated rings. The number of hydrogen-bond acceptors (Lipinski definition) is 4. The Labute approximate surface area is 186 Å². The van der Waals surface area contributed by atoms with Crippen LogP contribution in [0.2, 0.25) is 0 Å². The standard InChI is InChI=1S/C20H34N6O.HI/c1-2-22-20(24-11-8-16-26-14-5-3-4-6-15-26)25-13-12-23-19(27)18-9-7-10-21-17-18;/h7,9-10,17H,2-6,8,11-16H2,1H3,(H,23,27)(H2,22,24,25);1H. The molecule has 28 heavy (non-hydrogen) atoms. The molecular weight excluding hydrogens is 467 g/mol. The number of hydrogen-bond donors (Lipinski definition) is 3. The van der Waals surface area contributed by atoms with Gasteiger partial charge < -0.3 is 20.9 Å². The molecule has 0 spiro atoms. The Balaban J connectivity index is 0.00000392. The molecule has 2 heterocycles. The van der Waals surface area contributed by atoms with E-state index < -0.39 is 0 Å². The molecule has 3 N–H and O–H groups in total. The lowest BCUT2D eigenvalue weighted by atomic mass is 10.2. The highest BCUT2D eigenvalue weighted by atomic mass is 127. The third kappa shape index (κ3) is 10.2. The zero-order valence-corrected chi connectivity index (χ0v) is 19.3. The summed E-state index contributed by atoms with van der Waals surface area (Å²) in [7, 11) is 0. The minimum Gasteiger partial charge on any atom is -0.357 e. The van der Waals surface area contributed by atoms with Gasteiger partial charge in [0.1, 0.15) is 0 Å². The molecule has 0 aliphatic carbocycles. The third-order valence-electron chi connectivity index (χ3n) is 4.57. The van der Waals surface area contributed by atoms with Crippen LogP contribution in [0.3, 0.4) is 0 Å². The zero-order valence-electron chi connectivity index (χ0n) is 17.0. The molecule has 0 atom stereocenters. The molecule has 0 bridgehead atoms. The van der Waals surface area contributed by atoms with Crippen LogP contribution in [-0.2, 0) is 0 Å². The van der Waals surface area contributed by atoms with Crippen molar-refractivity contribution in [1.82, 2.24) is 25.8 Å². The van der Waals surface area contributed by atoms with Crippen molar-refractivity contribution in [2.75, 3.05) is 45.8 Å². The monoisotopic (exact) mass is 502 g/mol. The molecule has 0 radical (unpaired) electrons. The van der Waals surface area contributed by atoms with Crippen molar-refractivity contribution in [3.05, 3.63) is 30.1 Å². The van der Waals surface area contributed by atoms with E-state index in [1.807, 2.05) is 0 Å². The first-order valence-electron chi connectivity index (χ1n) is 10.2. The maximum atomic E-state index is 12.0. The van der Waals surface area contributed by atoms with Gasteiger partial charge >= 0.3 is 0 Å². The normalized spacial score (nSPS) is 15.2. The van der Waals surface area contributed by atoms with Gasteiger partial charge in [-0.25, -0.2) is 0 Å². The largest absolute Gasteiger partial charge is 0.357 e. The number of carbonyl (C=O) groups is 1. The molecule has 1 aliphatic heterocycles. The van der Waals surface area contributed by atoms with Gasteiger partial charge in [-0.15, -0.1) is 24.0 Å². The highest BCUT2D eigenvalue weighted by Crippen LogP contribution is 2.09. The van der Waals surface area contributed by atoms with E-state index in [2.05, 4.69) is 37.8 Å². The minimum atomic E-state index is -0.107. The first-order chi connectivity index (χ1) is 13.3. The van der Waals surface area contributed by atoms with Gasteiger partial charge in [-0.2, -0.15) is 0 Å². The summed E-state index contributed by atoms with van der Waals surface area (Å²) >= 11 is 0. The maximum Gasteiger partial charge on any atom is 0.252 e. The quantitative estimate of drug-likeness (QED) is 0.209. The number of amides is 1. The van der Waals surface area contributed by atoms with Crippen LogP contribution in [0.5, 0.6) is 0 Å². The Bertz CT molecular complexity index is 561. The van der Waals surface area contributed by atoms with Gasteiger partial charge in [0.25, 0.3) is 5.91 Å². The van der Waals surface area contributed by atoms with Crippen molar-refractivity contribution in [3.8, 4) is 0 Å². The maximum absolute atomic E-state index is 12.0. The minimum absolute atomic E-state index is 0. The number of carbonyl (C=O) groups excluding carboxylic acids is 1. The third-order valence-corrected chi connectivity index (χ3v) is 4.57. The summed E-state index contributed by atoms with van der Waals surface area (Å²) in [4.78, 5) is 23.1. The van der Waals surface area contributed by atoms with E-state index in [4.69, 9.17) is 0 Å². The van der Waals surface area contributed by atoms with Crippen molar-refractivity contribution < 1.29 is 4.79 Å². The van der Waals surface area contributed by atoms with Gasteiger partial charge in [0, 0.05) is 38.6 Å². The molecule has 0 unspecified atom stereocenters. The molecule has 0 aromatic carbocycles. The van der Waals surface area contributed by atoms with Crippen LogP contribution in [0.4, 0.5) is 0 Å². The Hall–Kier alpha value is -1.42. The fraction of sp³-hybridized carbons (Fsp3) is 0.650. The van der Waals surface area contributed by atoms with Crippen LogP contribution in [-0.4, -0.2) is 67.6 Å². The smallest absolute Gasteiger partial charge is 0.252 e. The Morgan fingerprint density at radius 1 is 1.14 bits per heavy atom. The Morgan fingerprint density at radius 3 is 2.57 bits per heavy atom. The molecule has 1 amide bonds. The number of halogens is 1. The van der Waals surface area contributed by atoms with Crippen LogP contribution in [0, 0.1) is 0 Å². The highest BCUT2D eigenvalue weighted by Gasteiger charge is 2.08. The van der Waals surface area contributed by atoms with E-state index in [1.54, 1.807) is 24.5 Å². The number of aliphatic imine (C=N–C) groups is 1. The van der Waals surface area contributed by atoms with Crippen LogP contribution >= 0.6 is 24.0 Å². The van der Waals surface area contributed by atoms with Gasteiger partial charge in [0.2, 0.25) is 0 Å². The molecule has 2 rings (SSSR count). The van der Waals surface area contributed by atoms with Crippen molar-refractivity contribution in [2.45, 2.75) is 39.0 Å². The lowest BCUT2D eigenvalue weighted by Crippen LogP contribution is -2.41. The molecule has 1 saturated heterocycles. The van der Waals surface area contributed by atoms with Crippen LogP contribution in [0.1, 0.15) is 49.4 Å². The van der Waals surface area contributed by atoms with Crippen molar-refractivity contribution in [2.24, 2.45) is 4.99 Å². The van der Waals surface area contributed by atoms with Gasteiger partial charge in [0.05, 0.1) is 5.56 Å². The molecule has 1 aromatic rings. The fourth-order valence-electron chi connectivity index (χ4n) is 3.14. The Morgan fingerprint density at radius 2 is 1.89 bits per heavy atom. The second-order valence-electron chi connectivity index (χ2n) is 6.79. The average molecular weight is 502 g/mol. The molecule has 1 aromatic heterocycles. The van der Waals surface area contributed by atoms with Crippen molar-refractivity contribution in [3.63, 3.8) is 0 Å². The topological polar surface area (TPSA) is 81.7 Å². The number of likely N-dealkylation sites (tertiary alicyclic amines) is 1. The van der Waals surface area contributed by atoms with Gasteiger partial charge in [-0.3, -0.25) is 14.8 Å². The average Bonchev–Trinajstić information content (AvgIpc) is 2.97. The van der Waals surface area contributed by atoms with Gasteiger partial charge in [-0.1, -0.05) is 12.8 Å². The second kappa shape index (κ2) is 15.5. The molecular formula is C20H35IN6O. The lowest BCUT2D eigenvalue weighted by Gasteiger charge is -2.19. The highest BCUT2D eigenvalue weighted by molar-refractivity contribution is 14.0. The summed E-state index contributed by atoms with van der Waals surface area (Å²) < 4.78 is 0. The number of rotatable bonds is 9. The second-order valence-corrected chi connectivity index (χ2v) is 6.79. The molecule has 1 aliphatic rings. The fourth-order valence-corrected chi connectivity index (χ4v) is 3.14. The number of guanidine groups is 1. The summed E-state index contributed by atoms with van der Waals surface area (Å²) in [5.74, 6) is 0.702. The predicted molar refractivity (Wildman–Crippen MR) is 125 cm³/mol. The van der Waals surface area contributed by atoms with Gasteiger partial charge in [0.15, 0.2) is 5.96 Å². The molecule has 158 valence electrons. The summed E-state index contributed by atoms with van der Waals surface area (Å²) in [6, 6.07) is 3.51. The molecule has 0 saturated carbocycles. The van der Waals surface area contributed by atoms with Crippen LogP contribution < -0.4 is 16.0 Å². The number of nitrogens with one attached hydrogen (secondary N) is 3. The van der Waals surface area contributed by atoms with Crippen molar-refractivity contribution in [1.29, 1.82) is 0 Å². The predicted octanol–water partition coefficient (Wildman–Crippen LogP) is 2.25. The van der Waals surface area contributed by atoms with Crippen LogP contribution in [0.25, 0.3) is 0 Å². The first-order valence-corrected chi connectivity index (χ1v) is 10.2. The summed E-state index contributed by atoms with van der Waals surface area (Å²) in [6.07, 6.45) is 9.72. The van der Waals surface area contributed by atoms with Crippen molar-refractivity contribution >= 4 is 35.8 Å². The van der Waals surface area contributed by atoms with Gasteiger partial charge in [-0.05, 0) is 58.0 Å². The number of nitrogens with zero attached hydrogens (tertiary/aromatic N) is 3. The number of aromatic nitrogens is 1. The molecule has 8 heteroatoms. The zero-order chi connectivity index (χ0) is 19.2. The summed E-state index contributed by atoms with van der Waals surface area (Å²) in [5, 5.41) is 9.41. The van der Waals surface area contributed by atoms with E-state index >= 15 is 0 Å². The van der Waals surface area contributed by atoms with E-state index in [-0.39, 0.29) is 29.9 Å². The summed E-state index contributed by atoms with van der Waals surface area (Å²) in [5.41, 5.74) is 0.576. The Kier molecular flexibility index (Phi) is 13.6. The summed E-state index contributed by atoms with van der Waals surface area (Å²) in [6.45, 7) is 8.45.